The zero-order valence-corrected chi connectivity index (χ0v) is 21.2. The Morgan fingerprint density at radius 3 is 2.32 bits per heavy atom. The lowest BCUT2D eigenvalue weighted by atomic mass is 10.1. The van der Waals surface area contributed by atoms with Gasteiger partial charge >= 0.3 is 11.9 Å². The van der Waals surface area contributed by atoms with Gasteiger partial charge in [-0.1, -0.05) is 45.8 Å². The lowest BCUT2D eigenvalue weighted by molar-refractivity contribution is -0.140. The van der Waals surface area contributed by atoms with E-state index < -0.39 is 28.5 Å². The number of benzene rings is 2. The summed E-state index contributed by atoms with van der Waals surface area (Å²) >= 11 is 3.42. The number of methoxy groups -OCH3 is 2. The van der Waals surface area contributed by atoms with Gasteiger partial charge in [0.25, 0.3) is 0 Å². The molecule has 0 bridgehead atoms. The number of aromatic nitrogens is 1. The second-order valence-electron chi connectivity index (χ2n) is 7.35. The molecule has 0 saturated carbocycles. The Hall–Kier alpha value is -3.08. The van der Waals surface area contributed by atoms with Gasteiger partial charge in [-0.05, 0) is 43.3 Å². The van der Waals surface area contributed by atoms with E-state index in [9.17, 15) is 18.0 Å². The molecule has 0 N–H and O–H groups in total. The molecule has 2 aromatic carbocycles. The minimum Gasteiger partial charge on any atom is -0.468 e. The fourth-order valence-electron chi connectivity index (χ4n) is 3.19. The molecule has 0 unspecified atom stereocenters. The van der Waals surface area contributed by atoms with E-state index in [1.54, 1.807) is 18.2 Å². The van der Waals surface area contributed by atoms with E-state index in [0.717, 1.165) is 19.9 Å². The zero-order valence-electron chi connectivity index (χ0n) is 18.8. The lowest BCUT2D eigenvalue weighted by Crippen LogP contribution is -2.36. The molecule has 0 aliphatic heterocycles. The number of hydrogen-bond acceptors (Lipinski definition) is 7. The van der Waals surface area contributed by atoms with E-state index >= 15 is 0 Å². The van der Waals surface area contributed by atoms with Gasteiger partial charge in [-0.2, -0.15) is 4.31 Å². The average molecular weight is 547 g/mol. The smallest absolute Gasteiger partial charge is 0.339 e. The van der Waals surface area contributed by atoms with Crippen molar-refractivity contribution in [3.63, 3.8) is 0 Å². The van der Waals surface area contributed by atoms with Crippen LogP contribution in [0.2, 0.25) is 0 Å². The van der Waals surface area contributed by atoms with Gasteiger partial charge in [0.1, 0.15) is 6.54 Å². The van der Waals surface area contributed by atoms with Crippen molar-refractivity contribution >= 4 is 37.9 Å². The van der Waals surface area contributed by atoms with E-state index in [4.69, 9.17) is 9.47 Å². The summed E-state index contributed by atoms with van der Waals surface area (Å²) in [6.45, 7) is 0.927. The molecule has 3 aromatic rings. The molecule has 0 amide bonds. The number of ether oxygens (including phenoxy) is 2. The Balaban J connectivity index is 2.11. The first-order valence-corrected chi connectivity index (χ1v) is 12.4. The van der Waals surface area contributed by atoms with E-state index in [2.05, 4.69) is 20.9 Å². The van der Waals surface area contributed by atoms with Gasteiger partial charge in [0.15, 0.2) is 0 Å². The normalized spacial score (nSPS) is 11.3. The SMILES string of the molecule is COC(=O)CN(Cc1nc(-c2cccc(Br)c2)ccc1C(=O)OC)S(=O)(=O)c1ccc(C)cc1. The summed E-state index contributed by atoms with van der Waals surface area (Å²) in [5, 5.41) is 0. The van der Waals surface area contributed by atoms with Crippen LogP contribution in [0.15, 0.2) is 70.0 Å². The summed E-state index contributed by atoms with van der Waals surface area (Å²) in [6.07, 6.45) is 0. The Labute approximate surface area is 206 Å². The molecule has 1 aromatic heterocycles. The van der Waals surface area contributed by atoms with E-state index in [-0.39, 0.29) is 22.7 Å². The maximum atomic E-state index is 13.4. The Kier molecular flexibility index (Phi) is 8.19. The quantitative estimate of drug-likeness (QED) is 0.394. The van der Waals surface area contributed by atoms with Crippen LogP contribution >= 0.6 is 15.9 Å². The topological polar surface area (TPSA) is 103 Å². The van der Waals surface area contributed by atoms with Gasteiger partial charge in [-0.3, -0.25) is 9.78 Å². The molecule has 1 heterocycles. The highest BCUT2D eigenvalue weighted by Crippen LogP contribution is 2.25. The first-order chi connectivity index (χ1) is 16.1. The van der Waals surface area contributed by atoms with Gasteiger partial charge in [-0.25, -0.2) is 13.2 Å². The summed E-state index contributed by atoms with van der Waals surface area (Å²) in [5.41, 5.74) is 2.40. The first-order valence-electron chi connectivity index (χ1n) is 10.1. The van der Waals surface area contributed by atoms with Crippen molar-refractivity contribution in [1.82, 2.24) is 9.29 Å². The highest BCUT2D eigenvalue weighted by Gasteiger charge is 2.29. The van der Waals surface area contributed by atoms with Crippen LogP contribution in [-0.4, -0.2) is 50.4 Å². The summed E-state index contributed by atoms with van der Waals surface area (Å²) in [7, 11) is -1.72. The molecule has 0 saturated heterocycles. The second kappa shape index (κ2) is 10.9. The highest BCUT2D eigenvalue weighted by atomic mass is 79.9. The number of halogens is 1. The highest BCUT2D eigenvalue weighted by molar-refractivity contribution is 9.10. The van der Waals surface area contributed by atoms with Crippen LogP contribution < -0.4 is 0 Å². The third-order valence-electron chi connectivity index (χ3n) is 5.02. The molecule has 0 fully saturated rings. The predicted octanol–water partition coefficient (Wildman–Crippen LogP) is 3.97. The number of hydrogen-bond donors (Lipinski definition) is 0. The van der Waals surface area contributed by atoms with Crippen molar-refractivity contribution in [1.29, 1.82) is 0 Å². The summed E-state index contributed by atoms with van der Waals surface area (Å²) in [6, 6.07) is 16.8. The maximum Gasteiger partial charge on any atom is 0.339 e. The van der Waals surface area contributed by atoms with Crippen LogP contribution in [-0.2, 0) is 30.8 Å². The number of nitrogens with zero attached hydrogens (tertiary/aromatic N) is 2. The maximum absolute atomic E-state index is 13.4. The largest absolute Gasteiger partial charge is 0.468 e. The van der Waals surface area contributed by atoms with Crippen LogP contribution in [0.25, 0.3) is 11.3 Å². The van der Waals surface area contributed by atoms with Gasteiger partial charge in [-0.15, -0.1) is 0 Å². The number of aryl methyl sites for hydroxylation is 1. The molecule has 0 aliphatic rings. The Bertz CT molecular complexity index is 1310. The Morgan fingerprint density at radius 2 is 1.71 bits per heavy atom. The molecular formula is C24H23BrN2O6S. The standard InChI is InChI=1S/C24H23BrN2O6S/c1-16-7-9-19(10-8-16)34(30,31)27(15-23(28)32-2)14-22-20(24(29)33-3)11-12-21(26-22)17-5-4-6-18(25)13-17/h4-13H,14-15H2,1-3H3. The minimum absolute atomic E-state index is 0.00441. The van der Waals surface area contributed by atoms with Gasteiger partial charge < -0.3 is 9.47 Å². The summed E-state index contributed by atoms with van der Waals surface area (Å²) in [5.74, 6) is -1.42. The molecule has 10 heteroatoms. The molecule has 0 atom stereocenters. The summed E-state index contributed by atoms with van der Waals surface area (Å²) in [4.78, 5) is 29.1. The van der Waals surface area contributed by atoms with Crippen molar-refractivity contribution < 1.29 is 27.5 Å². The fourth-order valence-corrected chi connectivity index (χ4v) is 4.93. The Morgan fingerprint density at radius 1 is 1.00 bits per heavy atom. The van der Waals surface area contributed by atoms with Gasteiger partial charge in [0, 0.05) is 10.0 Å². The molecule has 0 spiro atoms. The van der Waals surface area contributed by atoms with Gasteiger partial charge in [0.05, 0.1) is 42.6 Å². The summed E-state index contributed by atoms with van der Waals surface area (Å²) < 4.78 is 38.2. The number of pyridine rings is 1. The third-order valence-corrected chi connectivity index (χ3v) is 7.32. The lowest BCUT2D eigenvalue weighted by Gasteiger charge is -2.22. The number of rotatable bonds is 8. The zero-order chi connectivity index (χ0) is 24.9. The number of sulfonamides is 1. The minimum atomic E-state index is -4.12. The van der Waals surface area contributed by atoms with Crippen molar-refractivity contribution in [3.05, 3.63) is 82.0 Å². The predicted molar refractivity (Wildman–Crippen MR) is 130 cm³/mol. The number of carbonyl (C=O) groups is 2. The molecule has 0 radical (unpaired) electrons. The van der Waals surface area contributed by atoms with Crippen molar-refractivity contribution in [2.75, 3.05) is 20.8 Å². The van der Waals surface area contributed by atoms with Crippen LogP contribution in [0.3, 0.4) is 0 Å². The average Bonchev–Trinajstić information content (AvgIpc) is 2.83. The first kappa shape index (κ1) is 25.5. The van der Waals surface area contributed by atoms with Crippen LogP contribution in [0.5, 0.6) is 0 Å². The van der Waals surface area contributed by atoms with Crippen LogP contribution in [0.1, 0.15) is 21.6 Å². The second-order valence-corrected chi connectivity index (χ2v) is 10.2. The molecule has 34 heavy (non-hydrogen) atoms. The third kappa shape index (κ3) is 5.88. The van der Waals surface area contributed by atoms with Crippen molar-refractivity contribution in [2.24, 2.45) is 0 Å². The number of carbonyl (C=O) groups excluding carboxylic acids is 2. The molecule has 8 nitrogen and oxygen atoms in total. The van der Waals surface area contributed by atoms with E-state index in [0.29, 0.717) is 5.69 Å². The van der Waals surface area contributed by atoms with Crippen LogP contribution in [0, 0.1) is 6.92 Å². The van der Waals surface area contributed by atoms with E-state index in [1.807, 2.05) is 31.2 Å². The molecule has 0 aliphatic carbocycles. The van der Waals surface area contributed by atoms with E-state index in [1.165, 1.54) is 32.4 Å². The van der Waals surface area contributed by atoms with Crippen molar-refractivity contribution in [2.45, 2.75) is 18.4 Å². The van der Waals surface area contributed by atoms with Crippen molar-refractivity contribution in [3.8, 4) is 11.3 Å². The van der Waals surface area contributed by atoms with Crippen LogP contribution in [0.4, 0.5) is 0 Å². The molecule has 3 rings (SSSR count). The molecule has 178 valence electrons. The molecular weight excluding hydrogens is 524 g/mol. The fraction of sp³-hybridized carbons (Fsp3) is 0.208. The number of esters is 2. The monoisotopic (exact) mass is 546 g/mol. The van der Waals surface area contributed by atoms with Gasteiger partial charge in [0.2, 0.25) is 10.0 Å².